The summed E-state index contributed by atoms with van der Waals surface area (Å²) in [6.07, 6.45) is 1.54. The fourth-order valence-corrected chi connectivity index (χ4v) is 1.88. The predicted molar refractivity (Wildman–Crippen MR) is 51.9 cm³/mol. The van der Waals surface area contributed by atoms with Crippen LogP contribution in [0.2, 0.25) is 5.02 Å². The molecule has 1 N–H and O–H groups in total. The van der Waals surface area contributed by atoms with E-state index in [1.54, 1.807) is 0 Å². The van der Waals surface area contributed by atoms with Crippen molar-refractivity contribution in [3.63, 3.8) is 0 Å². The van der Waals surface area contributed by atoms with Crippen molar-refractivity contribution in [3.8, 4) is 0 Å². The van der Waals surface area contributed by atoms with Crippen LogP contribution in [-0.4, -0.2) is 12.8 Å². The lowest BCUT2D eigenvalue weighted by atomic mass is 9.95. The van der Waals surface area contributed by atoms with E-state index in [9.17, 15) is 9.18 Å². The second kappa shape index (κ2) is 3.67. The fourth-order valence-electron chi connectivity index (χ4n) is 1.70. The van der Waals surface area contributed by atoms with Crippen molar-refractivity contribution in [1.82, 2.24) is 5.32 Å². The first kappa shape index (κ1) is 9.62. The molecule has 0 fully saturated rings. The van der Waals surface area contributed by atoms with E-state index >= 15 is 0 Å². The molecule has 1 unspecified atom stereocenters. The smallest absolute Gasteiger partial charge is 0.142 e. The van der Waals surface area contributed by atoms with Crippen molar-refractivity contribution >= 4 is 17.9 Å². The van der Waals surface area contributed by atoms with E-state index in [0.717, 1.165) is 23.8 Å². The molecule has 0 radical (unpaired) electrons. The molecule has 1 aromatic rings. The maximum atomic E-state index is 13.1. The van der Waals surface area contributed by atoms with Crippen LogP contribution in [0.15, 0.2) is 12.1 Å². The molecule has 0 aromatic heterocycles. The summed E-state index contributed by atoms with van der Waals surface area (Å²) in [5, 5.41) is 3.09. The summed E-state index contributed by atoms with van der Waals surface area (Å²) in [4.78, 5) is 10.7. The minimum absolute atomic E-state index is 0.0688. The maximum absolute atomic E-state index is 13.1. The molecule has 0 aliphatic carbocycles. The van der Waals surface area contributed by atoms with E-state index < -0.39 is 5.82 Å². The van der Waals surface area contributed by atoms with Gasteiger partial charge >= 0.3 is 0 Å². The molecule has 4 heteroatoms. The van der Waals surface area contributed by atoms with Gasteiger partial charge in [0.2, 0.25) is 0 Å². The third kappa shape index (κ3) is 1.53. The lowest BCUT2D eigenvalue weighted by molar-refractivity contribution is -0.109. The van der Waals surface area contributed by atoms with Crippen LogP contribution in [-0.2, 0) is 11.2 Å². The summed E-state index contributed by atoms with van der Waals surface area (Å²) < 4.78 is 13.1. The van der Waals surface area contributed by atoms with Gasteiger partial charge in [-0.3, -0.25) is 0 Å². The molecule has 0 bridgehead atoms. The van der Waals surface area contributed by atoms with Gasteiger partial charge in [0, 0.05) is 6.54 Å². The van der Waals surface area contributed by atoms with Gasteiger partial charge in [0.05, 0.1) is 11.1 Å². The lowest BCUT2D eigenvalue weighted by Gasteiger charge is -2.23. The molecular formula is C10H9ClFNO. The van der Waals surface area contributed by atoms with Gasteiger partial charge in [0.1, 0.15) is 12.1 Å². The zero-order valence-corrected chi connectivity index (χ0v) is 8.14. The predicted octanol–water partition coefficient (Wildman–Crippen LogP) is 1.86. The second-order valence-electron chi connectivity index (χ2n) is 3.28. The van der Waals surface area contributed by atoms with Crippen molar-refractivity contribution in [3.05, 3.63) is 34.1 Å². The Morgan fingerprint density at radius 2 is 2.36 bits per heavy atom. The Labute approximate surface area is 86.1 Å². The number of carbonyl (C=O) groups excluding carboxylic acids is 1. The van der Waals surface area contributed by atoms with Crippen LogP contribution < -0.4 is 5.32 Å². The molecule has 0 saturated carbocycles. The van der Waals surface area contributed by atoms with E-state index in [4.69, 9.17) is 11.6 Å². The molecule has 2 nitrogen and oxygen atoms in total. The minimum Gasteiger partial charge on any atom is -0.304 e. The number of rotatable bonds is 1. The Hall–Kier alpha value is -0.930. The van der Waals surface area contributed by atoms with Crippen LogP contribution in [0.3, 0.4) is 0 Å². The molecular weight excluding hydrogens is 205 g/mol. The van der Waals surface area contributed by atoms with Gasteiger partial charge in [-0.25, -0.2) is 4.39 Å². The molecule has 0 spiro atoms. The van der Waals surface area contributed by atoms with Gasteiger partial charge in [-0.05, 0) is 29.7 Å². The number of halogens is 2. The summed E-state index contributed by atoms with van der Waals surface area (Å²) in [6, 6.07) is 2.59. The summed E-state index contributed by atoms with van der Waals surface area (Å²) >= 11 is 5.65. The van der Waals surface area contributed by atoms with Gasteiger partial charge in [-0.15, -0.1) is 0 Å². The third-order valence-corrected chi connectivity index (χ3v) is 2.70. The molecule has 74 valence electrons. The van der Waals surface area contributed by atoms with Gasteiger partial charge < -0.3 is 10.1 Å². The molecule has 1 aliphatic rings. The van der Waals surface area contributed by atoms with Crippen LogP contribution in [0.1, 0.15) is 17.2 Å². The van der Waals surface area contributed by atoms with E-state index in [1.807, 2.05) is 0 Å². The Morgan fingerprint density at radius 1 is 1.57 bits per heavy atom. The van der Waals surface area contributed by atoms with Crippen molar-refractivity contribution in [2.75, 3.05) is 6.54 Å². The van der Waals surface area contributed by atoms with Crippen LogP contribution in [0.4, 0.5) is 4.39 Å². The topological polar surface area (TPSA) is 29.1 Å². The first-order chi connectivity index (χ1) is 6.72. The Balaban J connectivity index is 2.52. The first-order valence-corrected chi connectivity index (χ1v) is 4.76. The Bertz CT molecular complexity index is 381. The largest absolute Gasteiger partial charge is 0.304 e. The number of benzene rings is 1. The van der Waals surface area contributed by atoms with Crippen molar-refractivity contribution in [1.29, 1.82) is 0 Å². The summed E-state index contributed by atoms with van der Waals surface area (Å²) in [6.45, 7) is 0.692. The van der Waals surface area contributed by atoms with E-state index in [-0.39, 0.29) is 11.1 Å². The Kier molecular flexibility index (Phi) is 2.52. The number of aldehydes is 1. The van der Waals surface area contributed by atoms with E-state index in [0.29, 0.717) is 6.54 Å². The second-order valence-corrected chi connectivity index (χ2v) is 3.69. The molecule has 1 atom stereocenters. The van der Waals surface area contributed by atoms with Crippen molar-refractivity contribution in [2.45, 2.75) is 12.5 Å². The zero-order valence-electron chi connectivity index (χ0n) is 7.39. The van der Waals surface area contributed by atoms with Crippen LogP contribution in [0.25, 0.3) is 0 Å². The Morgan fingerprint density at radius 3 is 3.07 bits per heavy atom. The summed E-state index contributed by atoms with van der Waals surface area (Å²) in [7, 11) is 0. The van der Waals surface area contributed by atoms with Crippen LogP contribution >= 0.6 is 11.6 Å². The third-order valence-electron chi connectivity index (χ3n) is 2.41. The number of hydrogen-bond acceptors (Lipinski definition) is 2. The van der Waals surface area contributed by atoms with Gasteiger partial charge in [0.15, 0.2) is 0 Å². The van der Waals surface area contributed by atoms with Gasteiger partial charge in [-0.2, -0.15) is 0 Å². The highest BCUT2D eigenvalue weighted by molar-refractivity contribution is 6.30. The fraction of sp³-hybridized carbons (Fsp3) is 0.300. The summed E-state index contributed by atoms with van der Waals surface area (Å²) in [5.41, 5.74) is 1.65. The molecule has 0 amide bonds. The molecule has 1 aromatic carbocycles. The molecule has 14 heavy (non-hydrogen) atoms. The molecule has 2 rings (SSSR count). The standard InChI is InChI=1S/C10H9ClFNO/c11-8-4-7-6(3-9(8)12)1-2-13-10(7)5-14/h3-5,10,13H,1-2H2. The van der Waals surface area contributed by atoms with Crippen LogP contribution in [0, 0.1) is 5.82 Å². The maximum Gasteiger partial charge on any atom is 0.142 e. The van der Waals surface area contributed by atoms with E-state index in [2.05, 4.69) is 5.32 Å². The summed E-state index contributed by atoms with van der Waals surface area (Å²) in [5.74, 6) is -0.419. The molecule has 1 heterocycles. The highest BCUT2D eigenvalue weighted by Gasteiger charge is 2.20. The monoisotopic (exact) mass is 213 g/mol. The number of fused-ring (bicyclic) bond motifs is 1. The van der Waals surface area contributed by atoms with E-state index in [1.165, 1.54) is 12.1 Å². The SMILES string of the molecule is O=CC1NCCc2cc(F)c(Cl)cc21. The number of nitrogens with one attached hydrogen (secondary N) is 1. The highest BCUT2D eigenvalue weighted by atomic mass is 35.5. The average molecular weight is 214 g/mol. The van der Waals surface area contributed by atoms with Gasteiger partial charge in [0.25, 0.3) is 0 Å². The normalized spacial score (nSPS) is 20.3. The van der Waals surface area contributed by atoms with Crippen molar-refractivity contribution in [2.24, 2.45) is 0 Å². The highest BCUT2D eigenvalue weighted by Crippen LogP contribution is 2.27. The number of hydrogen-bond donors (Lipinski definition) is 1. The van der Waals surface area contributed by atoms with Crippen LogP contribution in [0.5, 0.6) is 0 Å². The average Bonchev–Trinajstić information content (AvgIpc) is 2.19. The lowest BCUT2D eigenvalue weighted by Crippen LogP contribution is -2.30. The van der Waals surface area contributed by atoms with Crippen molar-refractivity contribution < 1.29 is 9.18 Å². The first-order valence-electron chi connectivity index (χ1n) is 4.39. The van der Waals surface area contributed by atoms with Gasteiger partial charge in [-0.1, -0.05) is 11.6 Å². The quantitative estimate of drug-likeness (QED) is 0.722. The molecule has 1 aliphatic heterocycles. The minimum atomic E-state index is -0.419. The number of carbonyl (C=O) groups is 1. The zero-order chi connectivity index (χ0) is 10.1. The molecule has 0 saturated heterocycles.